The Bertz CT molecular complexity index is 178. The molecule has 0 aliphatic carbocycles. The molecule has 0 saturated heterocycles. The second kappa shape index (κ2) is 3.63. The van der Waals surface area contributed by atoms with Crippen LogP contribution in [0.15, 0.2) is 11.5 Å². The lowest BCUT2D eigenvalue weighted by molar-refractivity contribution is 0.234. The van der Waals surface area contributed by atoms with Gasteiger partial charge < -0.3 is 4.74 Å². The summed E-state index contributed by atoms with van der Waals surface area (Å²) in [5.74, 6) is 0. The maximum Gasteiger partial charge on any atom is 0.168 e. The summed E-state index contributed by atoms with van der Waals surface area (Å²) >= 11 is 0. The summed E-state index contributed by atoms with van der Waals surface area (Å²) in [6.07, 6.45) is 2.59. The van der Waals surface area contributed by atoms with Crippen molar-refractivity contribution in [3.05, 3.63) is 11.5 Å². The highest BCUT2D eigenvalue weighted by Crippen LogP contribution is 1.84. The molecule has 0 bridgehead atoms. The third-order valence-corrected chi connectivity index (χ3v) is 1.29. The van der Waals surface area contributed by atoms with E-state index in [9.17, 15) is 8.42 Å². The minimum absolute atomic E-state index is 0.340. The van der Waals surface area contributed by atoms with Crippen molar-refractivity contribution in [2.45, 2.75) is 0 Å². The van der Waals surface area contributed by atoms with Gasteiger partial charge in [-0.1, -0.05) is 0 Å². The number of sulfone groups is 1. The molecule has 0 aliphatic rings. The molecule has 4 heteroatoms. The van der Waals surface area contributed by atoms with E-state index in [4.69, 9.17) is 0 Å². The predicted octanol–water partition coefficient (Wildman–Crippen LogP) is 0.191. The third-order valence-electron chi connectivity index (χ3n) is 0.606. The summed E-state index contributed by atoms with van der Waals surface area (Å²) in [4.78, 5) is 0. The number of methoxy groups -OCH3 is 1. The quantitative estimate of drug-likeness (QED) is 0.577. The van der Waals surface area contributed by atoms with Crippen LogP contribution in [0.1, 0.15) is 0 Å². The molecule has 54 valence electrons. The van der Waals surface area contributed by atoms with Crippen molar-refractivity contribution in [3.63, 3.8) is 0 Å². The molecule has 0 rings (SSSR count). The number of ether oxygens (including phenoxy) is 1. The monoisotopic (exact) mass is 150 g/mol. The molecular weight excluding hydrogens is 140 g/mol. The molecule has 0 aromatic heterocycles. The van der Waals surface area contributed by atoms with Crippen molar-refractivity contribution < 1.29 is 13.2 Å². The summed E-state index contributed by atoms with van der Waals surface area (Å²) in [7, 11) is -1.45. The minimum atomic E-state index is -2.96. The van der Waals surface area contributed by atoms with Gasteiger partial charge in [-0.2, -0.15) is 0 Å². The van der Waals surface area contributed by atoms with Gasteiger partial charge in [0.2, 0.25) is 0 Å². The van der Waals surface area contributed by atoms with Gasteiger partial charge >= 0.3 is 0 Å². The first kappa shape index (κ1) is 8.65. The Morgan fingerprint density at radius 3 is 2.44 bits per heavy atom. The Kier molecular flexibility index (Phi) is 3.49. The van der Waals surface area contributed by atoms with Crippen LogP contribution < -0.4 is 0 Å². The number of hydrogen-bond donors (Lipinski definition) is 0. The number of hydrogen-bond acceptors (Lipinski definition) is 3. The molecule has 3 nitrogen and oxygen atoms in total. The predicted molar refractivity (Wildman–Crippen MR) is 35.9 cm³/mol. The Balaban J connectivity index is 3.73. The highest BCUT2D eigenvalue weighted by Gasteiger charge is 1.89. The van der Waals surface area contributed by atoms with Gasteiger partial charge in [-0.15, -0.1) is 0 Å². The zero-order chi connectivity index (χ0) is 7.33. The highest BCUT2D eigenvalue weighted by atomic mass is 32.2. The third kappa shape index (κ3) is 7.65. The lowest BCUT2D eigenvalue weighted by Gasteiger charge is -1.86. The van der Waals surface area contributed by atoms with Crippen LogP contribution >= 0.6 is 0 Å². The lowest BCUT2D eigenvalue weighted by atomic mass is 10.7. The highest BCUT2D eigenvalue weighted by molar-refractivity contribution is 7.93. The van der Waals surface area contributed by atoms with Crippen LogP contribution in [0, 0.1) is 0 Å². The molecule has 0 atom stereocenters. The SMILES string of the molecule is COC/C=C/S(C)(=O)=O. The van der Waals surface area contributed by atoms with Crippen molar-refractivity contribution in [2.24, 2.45) is 0 Å². The van der Waals surface area contributed by atoms with Gasteiger partial charge in [0.05, 0.1) is 6.61 Å². The Hall–Kier alpha value is -0.350. The molecule has 0 saturated carbocycles. The van der Waals surface area contributed by atoms with Crippen LogP contribution in [-0.2, 0) is 14.6 Å². The van der Waals surface area contributed by atoms with E-state index in [1.54, 1.807) is 0 Å². The Morgan fingerprint density at radius 1 is 1.56 bits per heavy atom. The van der Waals surface area contributed by atoms with Gasteiger partial charge in [0.15, 0.2) is 9.84 Å². The lowest BCUT2D eigenvalue weighted by Crippen LogP contribution is -1.89. The van der Waals surface area contributed by atoms with Crippen LogP contribution in [0.4, 0.5) is 0 Å². The van der Waals surface area contributed by atoms with E-state index in [0.29, 0.717) is 6.61 Å². The van der Waals surface area contributed by atoms with Gasteiger partial charge in [-0.05, 0) is 6.08 Å². The van der Waals surface area contributed by atoms with E-state index in [1.807, 2.05) is 0 Å². The zero-order valence-corrected chi connectivity index (χ0v) is 6.31. The first-order chi connectivity index (χ1) is 4.06. The van der Waals surface area contributed by atoms with Crippen molar-refractivity contribution in [2.75, 3.05) is 20.0 Å². The second-order valence-corrected chi connectivity index (χ2v) is 3.59. The zero-order valence-electron chi connectivity index (χ0n) is 5.49. The molecule has 0 aliphatic heterocycles. The smallest absolute Gasteiger partial charge is 0.168 e. The van der Waals surface area contributed by atoms with E-state index in [2.05, 4.69) is 4.74 Å². The molecule has 0 unspecified atom stereocenters. The maximum atomic E-state index is 10.4. The minimum Gasteiger partial charge on any atom is -0.381 e. The van der Waals surface area contributed by atoms with Crippen LogP contribution in [0.5, 0.6) is 0 Å². The maximum absolute atomic E-state index is 10.4. The van der Waals surface area contributed by atoms with E-state index < -0.39 is 9.84 Å². The van der Waals surface area contributed by atoms with Gasteiger partial charge in [0, 0.05) is 18.8 Å². The molecule has 0 amide bonds. The van der Waals surface area contributed by atoms with Gasteiger partial charge in [0.25, 0.3) is 0 Å². The summed E-state index contributed by atoms with van der Waals surface area (Å²) in [6.45, 7) is 0.340. The molecule has 0 fully saturated rings. The molecule has 0 heterocycles. The largest absolute Gasteiger partial charge is 0.381 e. The van der Waals surface area contributed by atoms with Crippen molar-refractivity contribution in [1.29, 1.82) is 0 Å². The van der Waals surface area contributed by atoms with Gasteiger partial charge in [-0.3, -0.25) is 0 Å². The molecule has 0 N–H and O–H groups in total. The fourth-order valence-electron chi connectivity index (χ4n) is 0.310. The molecule has 9 heavy (non-hydrogen) atoms. The average molecular weight is 150 g/mol. The van der Waals surface area contributed by atoms with Crippen LogP contribution in [-0.4, -0.2) is 28.4 Å². The topological polar surface area (TPSA) is 43.4 Å². The van der Waals surface area contributed by atoms with Crippen molar-refractivity contribution >= 4 is 9.84 Å². The first-order valence-electron chi connectivity index (χ1n) is 2.42. The van der Waals surface area contributed by atoms with Crippen molar-refractivity contribution in [1.82, 2.24) is 0 Å². The fourth-order valence-corrected chi connectivity index (χ4v) is 0.738. The van der Waals surface area contributed by atoms with Crippen LogP contribution in [0.3, 0.4) is 0 Å². The van der Waals surface area contributed by atoms with E-state index >= 15 is 0 Å². The summed E-state index contributed by atoms with van der Waals surface area (Å²) < 4.78 is 25.3. The van der Waals surface area contributed by atoms with Gasteiger partial charge in [0.1, 0.15) is 0 Å². The molecular formula is C5H10O3S. The van der Waals surface area contributed by atoms with E-state index in [0.717, 1.165) is 11.7 Å². The summed E-state index contributed by atoms with van der Waals surface area (Å²) in [5.41, 5.74) is 0. The molecule has 0 spiro atoms. The fraction of sp³-hybridized carbons (Fsp3) is 0.600. The summed E-state index contributed by atoms with van der Waals surface area (Å²) in [5, 5.41) is 1.12. The Labute approximate surface area is 55.2 Å². The van der Waals surface area contributed by atoms with Crippen molar-refractivity contribution in [3.8, 4) is 0 Å². The van der Waals surface area contributed by atoms with E-state index in [-0.39, 0.29) is 0 Å². The summed E-state index contributed by atoms with van der Waals surface area (Å²) in [6, 6.07) is 0. The van der Waals surface area contributed by atoms with E-state index in [1.165, 1.54) is 13.2 Å². The Morgan fingerprint density at radius 2 is 2.11 bits per heavy atom. The first-order valence-corrected chi connectivity index (χ1v) is 4.37. The normalized spacial score (nSPS) is 12.7. The van der Waals surface area contributed by atoms with Crippen LogP contribution in [0.25, 0.3) is 0 Å². The average Bonchev–Trinajstić information content (AvgIpc) is 1.63. The second-order valence-electron chi connectivity index (χ2n) is 1.66. The number of rotatable bonds is 3. The molecule has 0 radical (unpaired) electrons. The van der Waals surface area contributed by atoms with Crippen LogP contribution in [0.2, 0.25) is 0 Å². The standard InChI is InChI=1S/C5H10O3S/c1-8-4-3-5-9(2,6)7/h3,5H,4H2,1-2H3/b5-3+. The molecule has 0 aromatic carbocycles. The van der Waals surface area contributed by atoms with Gasteiger partial charge in [-0.25, -0.2) is 8.42 Å². The molecule has 0 aromatic rings.